The van der Waals surface area contributed by atoms with E-state index >= 15 is 0 Å². The van der Waals surface area contributed by atoms with Crippen LogP contribution in [0.25, 0.3) is 0 Å². The van der Waals surface area contributed by atoms with Gasteiger partial charge in [0, 0.05) is 5.75 Å². The zero-order valence-electron chi connectivity index (χ0n) is 7.80. The summed E-state index contributed by atoms with van der Waals surface area (Å²) >= 11 is 3.09. The van der Waals surface area contributed by atoms with Crippen molar-refractivity contribution < 1.29 is 0 Å². The molecule has 0 aliphatic heterocycles. The first-order valence-electron chi connectivity index (χ1n) is 4.04. The minimum atomic E-state index is 0.816. The Kier molecular flexibility index (Phi) is 5.20. The van der Waals surface area contributed by atoms with Gasteiger partial charge < -0.3 is 0 Å². The van der Waals surface area contributed by atoms with Gasteiger partial charge in [0.05, 0.1) is 0 Å². The summed E-state index contributed by atoms with van der Waals surface area (Å²) < 4.78 is 0.816. The zero-order chi connectivity index (χ0) is 10.2. The fourth-order valence-electron chi connectivity index (χ4n) is 0.897. The molecule has 4 heteroatoms. The molecule has 0 saturated heterocycles. The average Bonchev–Trinajstić information content (AvgIpc) is 2.25. The second-order valence-corrected chi connectivity index (χ2v) is 4.47. The Bertz CT molecular complexity index is 341. The largest absolute Gasteiger partial charge is 0.207 e. The number of aliphatic imine (C=N–C) groups is 1. The molecule has 0 N–H and O–H groups in total. The van der Waals surface area contributed by atoms with E-state index in [1.165, 1.54) is 17.3 Å². The SMILES string of the molecule is CSC(=NC#N)SCc1ccccc1. The molecular weight excluding hydrogens is 212 g/mol. The first kappa shape index (κ1) is 11.2. The molecule has 0 bridgehead atoms. The van der Waals surface area contributed by atoms with Crippen molar-refractivity contribution in [1.82, 2.24) is 0 Å². The van der Waals surface area contributed by atoms with Crippen molar-refractivity contribution in [3.63, 3.8) is 0 Å². The molecule has 1 aromatic carbocycles. The maximum Gasteiger partial charge on any atom is 0.207 e. The van der Waals surface area contributed by atoms with Crippen LogP contribution in [0, 0.1) is 11.5 Å². The van der Waals surface area contributed by atoms with Crippen LogP contribution in [0.2, 0.25) is 0 Å². The van der Waals surface area contributed by atoms with E-state index in [1.54, 1.807) is 18.0 Å². The fraction of sp³-hybridized carbons (Fsp3) is 0.200. The van der Waals surface area contributed by atoms with Crippen LogP contribution in [0.1, 0.15) is 5.56 Å². The lowest BCUT2D eigenvalue weighted by Gasteiger charge is -2.00. The fourth-order valence-corrected chi connectivity index (χ4v) is 2.27. The molecule has 0 atom stereocenters. The highest BCUT2D eigenvalue weighted by molar-refractivity contribution is 8.38. The molecule has 14 heavy (non-hydrogen) atoms. The minimum absolute atomic E-state index is 0.816. The van der Waals surface area contributed by atoms with Gasteiger partial charge in [-0.2, -0.15) is 10.3 Å². The predicted octanol–water partition coefficient (Wildman–Crippen LogP) is 3.12. The van der Waals surface area contributed by atoms with E-state index in [0.717, 1.165) is 10.1 Å². The third-order valence-corrected chi connectivity index (χ3v) is 3.63. The third-order valence-electron chi connectivity index (χ3n) is 1.52. The summed E-state index contributed by atoms with van der Waals surface area (Å²) in [7, 11) is 0. The standard InChI is InChI=1S/C10H10N2S2/c1-13-10(12-8-11)14-7-9-5-3-2-4-6-9/h2-6H,7H2,1H3. The molecule has 1 rings (SSSR count). The molecular formula is C10H10N2S2. The summed E-state index contributed by atoms with van der Waals surface area (Å²) in [5.74, 6) is 0.863. The van der Waals surface area contributed by atoms with Crippen LogP contribution in [0.4, 0.5) is 0 Å². The molecule has 72 valence electrons. The summed E-state index contributed by atoms with van der Waals surface area (Å²) in [4.78, 5) is 3.71. The Balaban J connectivity index is 2.49. The van der Waals surface area contributed by atoms with Gasteiger partial charge in [0.2, 0.25) is 6.19 Å². The maximum atomic E-state index is 8.40. The van der Waals surface area contributed by atoms with Gasteiger partial charge in [-0.3, -0.25) is 0 Å². The molecule has 0 aromatic heterocycles. The van der Waals surface area contributed by atoms with E-state index in [2.05, 4.69) is 17.1 Å². The number of hydrogen-bond acceptors (Lipinski definition) is 4. The highest BCUT2D eigenvalue weighted by atomic mass is 32.2. The Morgan fingerprint density at radius 2 is 2.14 bits per heavy atom. The summed E-state index contributed by atoms with van der Waals surface area (Å²) in [5.41, 5.74) is 1.25. The minimum Gasteiger partial charge on any atom is -0.170 e. The van der Waals surface area contributed by atoms with Crippen molar-refractivity contribution in [2.24, 2.45) is 4.99 Å². The molecule has 0 saturated carbocycles. The van der Waals surface area contributed by atoms with Gasteiger partial charge >= 0.3 is 0 Å². The van der Waals surface area contributed by atoms with Crippen LogP contribution in [0.3, 0.4) is 0 Å². The normalized spacial score (nSPS) is 11.0. The van der Waals surface area contributed by atoms with Gasteiger partial charge in [0.15, 0.2) is 0 Å². The first-order valence-corrected chi connectivity index (χ1v) is 6.25. The number of thioether (sulfide) groups is 2. The molecule has 0 unspecified atom stereocenters. The van der Waals surface area contributed by atoms with Crippen LogP contribution in [-0.4, -0.2) is 10.6 Å². The number of nitriles is 1. The molecule has 2 nitrogen and oxygen atoms in total. The third kappa shape index (κ3) is 3.86. The van der Waals surface area contributed by atoms with E-state index in [9.17, 15) is 0 Å². The van der Waals surface area contributed by atoms with Crippen molar-refractivity contribution >= 4 is 27.9 Å². The zero-order valence-corrected chi connectivity index (χ0v) is 9.44. The van der Waals surface area contributed by atoms with E-state index in [4.69, 9.17) is 5.26 Å². The van der Waals surface area contributed by atoms with E-state index in [-0.39, 0.29) is 0 Å². The van der Waals surface area contributed by atoms with Crippen molar-refractivity contribution in [1.29, 1.82) is 5.26 Å². The summed E-state index contributed by atoms with van der Waals surface area (Å²) in [5, 5.41) is 8.40. The Labute approximate surface area is 92.4 Å². The van der Waals surface area contributed by atoms with Gasteiger partial charge in [0.1, 0.15) is 4.38 Å². The lowest BCUT2D eigenvalue weighted by atomic mass is 10.2. The van der Waals surface area contributed by atoms with Crippen LogP contribution in [0.5, 0.6) is 0 Å². The van der Waals surface area contributed by atoms with Crippen molar-refractivity contribution in [2.75, 3.05) is 6.26 Å². The van der Waals surface area contributed by atoms with Crippen molar-refractivity contribution in [3.05, 3.63) is 35.9 Å². The first-order chi connectivity index (χ1) is 6.86. The molecule has 0 radical (unpaired) electrons. The van der Waals surface area contributed by atoms with Crippen LogP contribution < -0.4 is 0 Å². The van der Waals surface area contributed by atoms with Crippen LogP contribution in [-0.2, 0) is 5.75 Å². The van der Waals surface area contributed by atoms with Crippen LogP contribution >= 0.6 is 23.5 Å². The Morgan fingerprint density at radius 1 is 1.43 bits per heavy atom. The van der Waals surface area contributed by atoms with Crippen molar-refractivity contribution in [2.45, 2.75) is 5.75 Å². The predicted molar refractivity (Wildman–Crippen MR) is 64.3 cm³/mol. The Morgan fingerprint density at radius 3 is 2.71 bits per heavy atom. The second kappa shape index (κ2) is 6.52. The van der Waals surface area contributed by atoms with E-state index < -0.39 is 0 Å². The number of nitrogens with zero attached hydrogens (tertiary/aromatic N) is 2. The molecule has 0 fully saturated rings. The molecule has 0 heterocycles. The number of rotatable bonds is 2. The molecule has 0 spiro atoms. The quantitative estimate of drug-likeness (QED) is 0.438. The number of hydrogen-bond donors (Lipinski definition) is 0. The van der Waals surface area contributed by atoms with Crippen LogP contribution in [0.15, 0.2) is 35.3 Å². The van der Waals surface area contributed by atoms with Gasteiger partial charge in [-0.05, 0) is 11.8 Å². The Hall–Kier alpha value is -0.920. The summed E-state index contributed by atoms with van der Waals surface area (Å²) in [6.45, 7) is 0. The summed E-state index contributed by atoms with van der Waals surface area (Å²) in [6, 6.07) is 10.1. The maximum absolute atomic E-state index is 8.40. The highest BCUT2D eigenvalue weighted by Crippen LogP contribution is 2.19. The average molecular weight is 222 g/mol. The smallest absolute Gasteiger partial charge is 0.170 e. The highest BCUT2D eigenvalue weighted by Gasteiger charge is 1.98. The lowest BCUT2D eigenvalue weighted by Crippen LogP contribution is -1.86. The van der Waals surface area contributed by atoms with Gasteiger partial charge in [-0.25, -0.2) is 0 Å². The monoisotopic (exact) mass is 222 g/mol. The summed E-state index contributed by atoms with van der Waals surface area (Å²) in [6.07, 6.45) is 3.73. The van der Waals surface area contributed by atoms with E-state index in [1.807, 2.05) is 24.5 Å². The second-order valence-electron chi connectivity index (χ2n) is 2.46. The number of benzene rings is 1. The van der Waals surface area contributed by atoms with Crippen molar-refractivity contribution in [3.8, 4) is 6.19 Å². The lowest BCUT2D eigenvalue weighted by molar-refractivity contribution is 1.42. The molecule has 0 amide bonds. The van der Waals surface area contributed by atoms with Gasteiger partial charge in [0.25, 0.3) is 0 Å². The van der Waals surface area contributed by atoms with Gasteiger partial charge in [-0.15, -0.1) is 11.8 Å². The molecule has 1 aromatic rings. The molecule has 0 aliphatic rings. The topological polar surface area (TPSA) is 36.1 Å². The van der Waals surface area contributed by atoms with Gasteiger partial charge in [-0.1, -0.05) is 42.1 Å². The van der Waals surface area contributed by atoms with E-state index in [0.29, 0.717) is 0 Å². The molecule has 0 aliphatic carbocycles.